The van der Waals surface area contributed by atoms with E-state index in [0.29, 0.717) is 6.04 Å². The van der Waals surface area contributed by atoms with E-state index in [9.17, 15) is 0 Å². The Kier molecular flexibility index (Phi) is 4.68. The zero-order valence-electron chi connectivity index (χ0n) is 13.4. The second-order valence-corrected chi connectivity index (χ2v) is 5.74. The van der Waals surface area contributed by atoms with Crippen molar-refractivity contribution in [1.29, 1.82) is 0 Å². The van der Waals surface area contributed by atoms with Gasteiger partial charge in [0.05, 0.1) is 30.7 Å². The van der Waals surface area contributed by atoms with Crippen molar-refractivity contribution in [3.8, 4) is 0 Å². The topological polar surface area (TPSA) is 58.9 Å². The molecule has 22 heavy (non-hydrogen) atoms. The van der Waals surface area contributed by atoms with Gasteiger partial charge in [0.2, 0.25) is 0 Å². The predicted octanol–water partition coefficient (Wildman–Crippen LogP) is 2.46. The molecule has 0 spiro atoms. The second kappa shape index (κ2) is 6.87. The number of imidazole rings is 1. The summed E-state index contributed by atoms with van der Waals surface area (Å²) in [7, 11) is 1.88. The maximum Gasteiger partial charge on any atom is 0.144 e. The molecule has 0 saturated carbocycles. The predicted molar refractivity (Wildman–Crippen MR) is 86.5 cm³/mol. The molecule has 0 radical (unpaired) electrons. The van der Waals surface area contributed by atoms with Gasteiger partial charge in [0.1, 0.15) is 11.6 Å². The summed E-state index contributed by atoms with van der Waals surface area (Å²) >= 11 is 0. The summed E-state index contributed by atoms with van der Waals surface area (Å²) < 4.78 is 2.26. The zero-order chi connectivity index (χ0) is 15.4. The van der Waals surface area contributed by atoms with E-state index in [4.69, 9.17) is 0 Å². The van der Waals surface area contributed by atoms with Crippen molar-refractivity contribution in [1.82, 2.24) is 24.4 Å². The Hall–Kier alpha value is -1.95. The molecule has 6 heteroatoms. The van der Waals surface area contributed by atoms with E-state index in [0.717, 1.165) is 49.8 Å². The molecule has 0 amide bonds. The molecular weight excluding hydrogens is 276 g/mol. The van der Waals surface area contributed by atoms with Gasteiger partial charge in [-0.1, -0.05) is 6.92 Å². The number of nitrogens with zero attached hydrogens (tertiary/aromatic N) is 5. The Morgan fingerprint density at radius 2 is 2.27 bits per heavy atom. The Morgan fingerprint density at radius 1 is 1.36 bits per heavy atom. The molecule has 6 nitrogen and oxygen atoms in total. The van der Waals surface area contributed by atoms with Crippen LogP contribution in [-0.4, -0.2) is 38.0 Å². The molecule has 3 heterocycles. The van der Waals surface area contributed by atoms with Crippen LogP contribution in [0.1, 0.15) is 43.7 Å². The van der Waals surface area contributed by atoms with Crippen LogP contribution in [0.3, 0.4) is 0 Å². The number of aryl methyl sites for hydroxylation is 1. The van der Waals surface area contributed by atoms with E-state index < -0.39 is 0 Å². The largest absolute Gasteiger partial charge is 0.372 e. The molecule has 0 aliphatic carbocycles. The molecule has 1 aliphatic rings. The van der Waals surface area contributed by atoms with E-state index >= 15 is 0 Å². The van der Waals surface area contributed by atoms with Crippen LogP contribution in [0.2, 0.25) is 0 Å². The first-order chi connectivity index (χ1) is 10.8. The van der Waals surface area contributed by atoms with Gasteiger partial charge < -0.3 is 9.88 Å². The third-order valence-corrected chi connectivity index (χ3v) is 4.23. The zero-order valence-corrected chi connectivity index (χ0v) is 13.4. The number of nitrogens with one attached hydrogen (secondary N) is 1. The third kappa shape index (κ3) is 3.11. The summed E-state index contributed by atoms with van der Waals surface area (Å²) in [6.07, 6.45) is 11.1. The minimum atomic E-state index is 0.340. The Balaban J connectivity index is 1.76. The van der Waals surface area contributed by atoms with Crippen LogP contribution >= 0.6 is 0 Å². The molecule has 0 unspecified atom stereocenters. The fourth-order valence-electron chi connectivity index (χ4n) is 3.13. The minimum absolute atomic E-state index is 0.340. The SMILES string of the molecule is CCCn1ccnc1CN1CCC[C@@H]1c1cncc(NC)n1. The van der Waals surface area contributed by atoms with Crippen molar-refractivity contribution in [2.24, 2.45) is 0 Å². The van der Waals surface area contributed by atoms with E-state index in [1.807, 2.05) is 19.4 Å². The highest BCUT2D eigenvalue weighted by Gasteiger charge is 2.28. The molecule has 1 atom stereocenters. The highest BCUT2D eigenvalue weighted by Crippen LogP contribution is 2.32. The molecule has 3 rings (SSSR count). The maximum atomic E-state index is 4.67. The van der Waals surface area contributed by atoms with Gasteiger partial charge in [0.25, 0.3) is 0 Å². The lowest BCUT2D eigenvalue weighted by Crippen LogP contribution is -2.25. The normalized spacial score (nSPS) is 18.7. The molecule has 1 saturated heterocycles. The Labute approximate surface area is 131 Å². The van der Waals surface area contributed by atoms with Crippen LogP contribution in [-0.2, 0) is 13.1 Å². The Morgan fingerprint density at radius 3 is 3.09 bits per heavy atom. The van der Waals surface area contributed by atoms with E-state index in [1.54, 1.807) is 6.20 Å². The summed E-state index contributed by atoms with van der Waals surface area (Å²) in [6.45, 7) is 5.20. The van der Waals surface area contributed by atoms with Gasteiger partial charge in [-0.2, -0.15) is 0 Å². The molecule has 2 aromatic rings. The first-order valence-electron chi connectivity index (χ1n) is 8.05. The van der Waals surface area contributed by atoms with E-state index in [2.05, 4.69) is 42.9 Å². The van der Waals surface area contributed by atoms with Crippen molar-refractivity contribution in [2.45, 2.75) is 45.3 Å². The molecule has 2 aromatic heterocycles. The molecule has 1 fully saturated rings. The lowest BCUT2D eigenvalue weighted by Gasteiger charge is -2.24. The number of likely N-dealkylation sites (tertiary alicyclic amines) is 1. The monoisotopic (exact) mass is 300 g/mol. The summed E-state index contributed by atoms with van der Waals surface area (Å²) in [6, 6.07) is 0.340. The highest BCUT2D eigenvalue weighted by molar-refractivity contribution is 5.31. The highest BCUT2D eigenvalue weighted by atomic mass is 15.2. The van der Waals surface area contributed by atoms with Gasteiger partial charge in [-0.25, -0.2) is 9.97 Å². The Bertz CT molecular complexity index is 608. The van der Waals surface area contributed by atoms with Gasteiger partial charge in [-0.15, -0.1) is 0 Å². The van der Waals surface area contributed by atoms with Crippen LogP contribution < -0.4 is 5.32 Å². The van der Waals surface area contributed by atoms with Crippen molar-refractivity contribution in [3.05, 3.63) is 36.3 Å². The third-order valence-electron chi connectivity index (χ3n) is 4.23. The van der Waals surface area contributed by atoms with E-state index in [-0.39, 0.29) is 0 Å². The first kappa shape index (κ1) is 15.0. The van der Waals surface area contributed by atoms with Crippen LogP contribution in [0.15, 0.2) is 24.8 Å². The number of rotatable bonds is 6. The maximum absolute atomic E-state index is 4.67. The van der Waals surface area contributed by atoms with Gasteiger partial charge >= 0.3 is 0 Å². The van der Waals surface area contributed by atoms with Crippen molar-refractivity contribution < 1.29 is 0 Å². The van der Waals surface area contributed by atoms with Crippen molar-refractivity contribution in [2.75, 3.05) is 18.9 Å². The molecule has 1 N–H and O–H groups in total. The number of hydrogen-bond acceptors (Lipinski definition) is 5. The van der Waals surface area contributed by atoms with Crippen molar-refractivity contribution >= 4 is 5.82 Å². The summed E-state index contributed by atoms with van der Waals surface area (Å²) in [5.74, 6) is 1.98. The number of anilines is 1. The fourth-order valence-corrected chi connectivity index (χ4v) is 3.13. The van der Waals surface area contributed by atoms with E-state index in [1.165, 1.54) is 6.42 Å². The average Bonchev–Trinajstić information content (AvgIpc) is 3.18. The minimum Gasteiger partial charge on any atom is -0.372 e. The molecule has 118 valence electrons. The smallest absolute Gasteiger partial charge is 0.144 e. The average molecular weight is 300 g/mol. The standard InChI is InChI=1S/C16H24N6/c1-3-7-21-9-6-19-16(21)12-22-8-4-5-14(22)13-10-18-11-15(17-2)20-13/h6,9-11,14H,3-5,7-8,12H2,1-2H3,(H,17,20)/t14-/m1/s1. The van der Waals surface area contributed by atoms with Crippen LogP contribution in [0.25, 0.3) is 0 Å². The first-order valence-corrected chi connectivity index (χ1v) is 8.05. The number of hydrogen-bond donors (Lipinski definition) is 1. The van der Waals surface area contributed by atoms with Gasteiger partial charge in [0.15, 0.2) is 0 Å². The van der Waals surface area contributed by atoms with Gasteiger partial charge in [-0.05, 0) is 25.8 Å². The molecule has 1 aliphatic heterocycles. The summed E-state index contributed by atoms with van der Waals surface area (Å²) in [5.41, 5.74) is 1.05. The quantitative estimate of drug-likeness (QED) is 0.888. The van der Waals surface area contributed by atoms with Crippen molar-refractivity contribution in [3.63, 3.8) is 0 Å². The van der Waals surface area contributed by atoms with Crippen LogP contribution in [0.5, 0.6) is 0 Å². The van der Waals surface area contributed by atoms with Gasteiger partial charge in [0, 0.05) is 26.0 Å². The fraction of sp³-hybridized carbons (Fsp3) is 0.562. The molecule has 0 aromatic carbocycles. The lowest BCUT2D eigenvalue weighted by molar-refractivity contribution is 0.234. The van der Waals surface area contributed by atoms with Crippen LogP contribution in [0.4, 0.5) is 5.82 Å². The number of aromatic nitrogens is 4. The molecule has 0 bridgehead atoms. The van der Waals surface area contributed by atoms with Gasteiger partial charge in [-0.3, -0.25) is 9.88 Å². The summed E-state index contributed by atoms with van der Waals surface area (Å²) in [4.78, 5) is 16.0. The lowest BCUT2D eigenvalue weighted by atomic mass is 10.1. The summed E-state index contributed by atoms with van der Waals surface area (Å²) in [5, 5.41) is 3.07. The van der Waals surface area contributed by atoms with Crippen LogP contribution in [0, 0.1) is 0 Å². The molecular formula is C16H24N6. The second-order valence-electron chi connectivity index (χ2n) is 5.74.